The maximum absolute atomic E-state index is 12.2. The summed E-state index contributed by atoms with van der Waals surface area (Å²) in [5.41, 5.74) is 9.11. The molecule has 6 nitrogen and oxygen atoms in total. The number of sulfonamides is 1. The van der Waals surface area contributed by atoms with E-state index in [1.54, 1.807) is 0 Å². The number of anilines is 1. The molecule has 19 heavy (non-hydrogen) atoms. The molecule has 0 bridgehead atoms. The van der Waals surface area contributed by atoms with E-state index in [-0.39, 0.29) is 20.6 Å². The van der Waals surface area contributed by atoms with Crippen molar-refractivity contribution in [1.82, 2.24) is 4.72 Å². The van der Waals surface area contributed by atoms with Crippen LogP contribution in [0, 0.1) is 0 Å². The van der Waals surface area contributed by atoms with Gasteiger partial charge in [0.1, 0.15) is 10.4 Å². The van der Waals surface area contributed by atoms with Gasteiger partial charge in [-0.15, -0.1) is 0 Å². The molecule has 0 aliphatic rings. The van der Waals surface area contributed by atoms with Gasteiger partial charge in [-0.25, -0.2) is 8.42 Å². The normalized spacial score (nSPS) is 12.4. The highest BCUT2D eigenvalue weighted by atomic mass is 35.5. The fourth-order valence-electron chi connectivity index (χ4n) is 1.30. The SMILES string of the molecule is CC(C)(NS(=O)(=O)c1c(N)cc(Cl)cc1Cl)C(N)=O. The van der Waals surface area contributed by atoms with Crippen molar-refractivity contribution in [2.24, 2.45) is 5.73 Å². The second-order valence-electron chi connectivity index (χ2n) is 4.40. The fraction of sp³-hybridized carbons (Fsp3) is 0.300. The van der Waals surface area contributed by atoms with Crippen LogP contribution in [0.1, 0.15) is 13.8 Å². The molecule has 9 heteroatoms. The van der Waals surface area contributed by atoms with Crippen LogP contribution in [0.2, 0.25) is 10.0 Å². The molecular weight excluding hydrogens is 313 g/mol. The zero-order valence-electron chi connectivity index (χ0n) is 10.2. The summed E-state index contributed by atoms with van der Waals surface area (Å²) in [6, 6.07) is 2.49. The third-order valence-electron chi connectivity index (χ3n) is 2.31. The highest BCUT2D eigenvalue weighted by molar-refractivity contribution is 7.89. The van der Waals surface area contributed by atoms with Gasteiger partial charge in [0.2, 0.25) is 15.9 Å². The average Bonchev–Trinajstić information content (AvgIpc) is 2.12. The quantitative estimate of drug-likeness (QED) is 0.719. The topological polar surface area (TPSA) is 115 Å². The lowest BCUT2D eigenvalue weighted by atomic mass is 10.1. The zero-order valence-corrected chi connectivity index (χ0v) is 12.5. The van der Waals surface area contributed by atoms with Crippen LogP contribution in [0.5, 0.6) is 0 Å². The van der Waals surface area contributed by atoms with Gasteiger partial charge < -0.3 is 11.5 Å². The van der Waals surface area contributed by atoms with Crippen LogP contribution in [0.4, 0.5) is 5.69 Å². The molecule has 0 aromatic heterocycles. The number of benzene rings is 1. The summed E-state index contributed by atoms with van der Waals surface area (Å²) in [6.07, 6.45) is 0. The molecule has 0 unspecified atom stereocenters. The molecule has 0 fully saturated rings. The highest BCUT2D eigenvalue weighted by Gasteiger charge is 2.33. The molecule has 0 saturated heterocycles. The Labute approximate surface area is 121 Å². The van der Waals surface area contributed by atoms with Crippen molar-refractivity contribution in [3.05, 3.63) is 22.2 Å². The first kappa shape index (κ1) is 16.0. The first-order chi connectivity index (χ1) is 8.47. The van der Waals surface area contributed by atoms with Crippen molar-refractivity contribution < 1.29 is 13.2 Å². The lowest BCUT2D eigenvalue weighted by Crippen LogP contribution is -2.52. The molecule has 0 spiro atoms. The number of nitrogen functional groups attached to an aromatic ring is 1. The summed E-state index contributed by atoms with van der Waals surface area (Å²) >= 11 is 11.5. The Hall–Kier alpha value is -1.02. The molecule has 1 aromatic carbocycles. The van der Waals surface area contributed by atoms with E-state index in [2.05, 4.69) is 4.72 Å². The predicted octanol–water partition coefficient (Wildman–Crippen LogP) is 1.12. The van der Waals surface area contributed by atoms with Crippen molar-refractivity contribution >= 4 is 44.8 Å². The minimum absolute atomic E-state index is 0.120. The van der Waals surface area contributed by atoms with Crippen molar-refractivity contribution in [3.8, 4) is 0 Å². The molecule has 5 N–H and O–H groups in total. The average molecular weight is 326 g/mol. The second-order valence-corrected chi connectivity index (χ2v) is 6.86. The van der Waals surface area contributed by atoms with Gasteiger partial charge in [0.05, 0.1) is 10.7 Å². The van der Waals surface area contributed by atoms with Crippen LogP contribution in [0.25, 0.3) is 0 Å². The van der Waals surface area contributed by atoms with Crippen LogP contribution < -0.4 is 16.2 Å². The van der Waals surface area contributed by atoms with Gasteiger partial charge in [0, 0.05) is 5.02 Å². The molecular formula is C10H13Cl2N3O3S. The molecule has 1 amide bonds. The zero-order chi connectivity index (χ0) is 15.0. The monoisotopic (exact) mass is 325 g/mol. The number of nitrogens with two attached hydrogens (primary N) is 2. The number of halogens is 2. The summed E-state index contributed by atoms with van der Waals surface area (Å²) in [7, 11) is -4.11. The van der Waals surface area contributed by atoms with Crippen LogP contribution in [0.15, 0.2) is 17.0 Å². The number of carbonyl (C=O) groups excluding carboxylic acids is 1. The number of primary amides is 1. The summed E-state index contributed by atoms with van der Waals surface area (Å²) in [5, 5.41) is 0.0633. The summed E-state index contributed by atoms with van der Waals surface area (Å²) in [4.78, 5) is 10.8. The van der Waals surface area contributed by atoms with E-state index in [0.717, 1.165) is 0 Å². The van der Waals surface area contributed by atoms with Crippen LogP contribution in [-0.2, 0) is 14.8 Å². The van der Waals surface area contributed by atoms with Crippen LogP contribution >= 0.6 is 23.2 Å². The van der Waals surface area contributed by atoms with Gasteiger partial charge >= 0.3 is 0 Å². The molecule has 1 rings (SSSR count). The Balaban J connectivity index is 3.34. The number of nitrogens with one attached hydrogen (secondary N) is 1. The summed E-state index contributed by atoms with van der Waals surface area (Å²) < 4.78 is 26.5. The number of amides is 1. The maximum atomic E-state index is 12.2. The highest BCUT2D eigenvalue weighted by Crippen LogP contribution is 2.31. The maximum Gasteiger partial charge on any atom is 0.245 e. The molecule has 1 aromatic rings. The Morgan fingerprint density at radius 1 is 1.32 bits per heavy atom. The van der Waals surface area contributed by atoms with E-state index in [1.165, 1.54) is 26.0 Å². The van der Waals surface area contributed by atoms with Gasteiger partial charge in [-0.1, -0.05) is 23.2 Å². The first-order valence-corrected chi connectivity index (χ1v) is 7.29. The minimum Gasteiger partial charge on any atom is -0.398 e. The smallest absolute Gasteiger partial charge is 0.245 e. The number of hydrogen-bond acceptors (Lipinski definition) is 4. The van der Waals surface area contributed by atoms with E-state index in [4.69, 9.17) is 34.7 Å². The molecule has 0 radical (unpaired) electrons. The minimum atomic E-state index is -4.11. The molecule has 106 valence electrons. The number of hydrogen-bond donors (Lipinski definition) is 3. The Bertz CT molecular complexity index is 606. The van der Waals surface area contributed by atoms with Crippen molar-refractivity contribution in [2.75, 3.05) is 5.73 Å². The summed E-state index contributed by atoms with van der Waals surface area (Å²) in [5.74, 6) is -0.834. The number of carbonyl (C=O) groups is 1. The van der Waals surface area contributed by atoms with E-state index < -0.39 is 21.5 Å². The van der Waals surface area contributed by atoms with Gasteiger partial charge in [-0.05, 0) is 26.0 Å². The molecule has 0 saturated carbocycles. The van der Waals surface area contributed by atoms with Crippen molar-refractivity contribution in [2.45, 2.75) is 24.3 Å². The van der Waals surface area contributed by atoms with E-state index in [1.807, 2.05) is 0 Å². The van der Waals surface area contributed by atoms with Gasteiger partial charge in [-0.2, -0.15) is 4.72 Å². The molecule has 0 atom stereocenters. The van der Waals surface area contributed by atoms with E-state index in [9.17, 15) is 13.2 Å². The lowest BCUT2D eigenvalue weighted by Gasteiger charge is -2.23. The van der Waals surface area contributed by atoms with Crippen LogP contribution in [0.3, 0.4) is 0 Å². The Morgan fingerprint density at radius 3 is 2.26 bits per heavy atom. The summed E-state index contributed by atoms with van der Waals surface area (Å²) in [6.45, 7) is 2.65. The molecule has 0 aliphatic heterocycles. The standard InChI is InChI=1S/C10H13Cl2N3O3S/c1-10(2,9(14)16)15-19(17,18)8-6(12)3-5(11)4-7(8)13/h3-4,15H,13H2,1-2H3,(H2,14,16). The Morgan fingerprint density at radius 2 is 1.84 bits per heavy atom. The van der Waals surface area contributed by atoms with Crippen LogP contribution in [-0.4, -0.2) is 19.9 Å². The first-order valence-electron chi connectivity index (χ1n) is 5.06. The van der Waals surface area contributed by atoms with Gasteiger partial charge in [-0.3, -0.25) is 4.79 Å². The lowest BCUT2D eigenvalue weighted by molar-refractivity contribution is -0.122. The van der Waals surface area contributed by atoms with Gasteiger partial charge in [0.25, 0.3) is 0 Å². The molecule has 0 aliphatic carbocycles. The Kier molecular flexibility index (Phi) is 4.36. The number of rotatable bonds is 4. The van der Waals surface area contributed by atoms with Crippen molar-refractivity contribution in [1.29, 1.82) is 0 Å². The fourth-order valence-corrected chi connectivity index (χ4v) is 3.67. The van der Waals surface area contributed by atoms with E-state index >= 15 is 0 Å². The molecule has 0 heterocycles. The van der Waals surface area contributed by atoms with E-state index in [0.29, 0.717) is 0 Å². The largest absolute Gasteiger partial charge is 0.398 e. The van der Waals surface area contributed by atoms with Gasteiger partial charge in [0.15, 0.2) is 0 Å². The third kappa shape index (κ3) is 3.50. The van der Waals surface area contributed by atoms with Crippen molar-refractivity contribution in [3.63, 3.8) is 0 Å². The predicted molar refractivity (Wildman–Crippen MR) is 74.5 cm³/mol. The third-order valence-corrected chi connectivity index (χ3v) is 4.71. The second kappa shape index (κ2) is 5.16.